The zero-order chi connectivity index (χ0) is 13.5. The average Bonchev–Trinajstić information content (AvgIpc) is 2.29. The Hall–Kier alpha value is -1.42. The van der Waals surface area contributed by atoms with E-state index in [0.717, 1.165) is 12.2 Å². The van der Waals surface area contributed by atoms with Gasteiger partial charge in [-0.25, -0.2) is 0 Å². The van der Waals surface area contributed by atoms with E-state index in [1.54, 1.807) is 17.0 Å². The highest BCUT2D eigenvalue weighted by Crippen LogP contribution is 2.37. The SMILES string of the molecule is CN1CCN(c2c(N)cccc2Cl)C(C)(C)C1=O. The van der Waals surface area contributed by atoms with E-state index in [9.17, 15) is 4.79 Å². The predicted molar refractivity (Wildman–Crippen MR) is 74.9 cm³/mol. The summed E-state index contributed by atoms with van der Waals surface area (Å²) in [4.78, 5) is 16.0. The third kappa shape index (κ3) is 1.90. The fourth-order valence-electron chi connectivity index (χ4n) is 2.42. The van der Waals surface area contributed by atoms with Gasteiger partial charge in [-0.3, -0.25) is 4.79 Å². The maximum absolute atomic E-state index is 12.3. The number of nitrogen functional groups attached to an aromatic ring is 1. The molecular formula is C13H18ClN3O. The molecule has 18 heavy (non-hydrogen) atoms. The fourth-order valence-corrected chi connectivity index (χ4v) is 2.71. The lowest BCUT2D eigenvalue weighted by Crippen LogP contribution is -2.62. The van der Waals surface area contributed by atoms with Crippen molar-refractivity contribution in [2.45, 2.75) is 19.4 Å². The number of benzene rings is 1. The Bertz CT molecular complexity index is 467. The number of para-hydroxylation sites is 1. The monoisotopic (exact) mass is 267 g/mol. The van der Waals surface area contributed by atoms with Crippen LogP contribution >= 0.6 is 11.6 Å². The quantitative estimate of drug-likeness (QED) is 0.792. The standard InChI is InChI=1S/C13H18ClN3O/c1-13(2)12(18)16(3)7-8-17(13)11-9(14)5-4-6-10(11)15/h4-6H,7-8,15H2,1-3H3. The third-order valence-electron chi connectivity index (χ3n) is 3.49. The number of halogens is 1. The average molecular weight is 268 g/mol. The Morgan fingerprint density at radius 1 is 1.33 bits per heavy atom. The number of hydrogen-bond acceptors (Lipinski definition) is 3. The van der Waals surface area contributed by atoms with E-state index in [2.05, 4.69) is 0 Å². The molecule has 0 atom stereocenters. The lowest BCUT2D eigenvalue weighted by molar-refractivity contribution is -0.136. The van der Waals surface area contributed by atoms with Gasteiger partial charge in [0.15, 0.2) is 0 Å². The van der Waals surface area contributed by atoms with Gasteiger partial charge in [0.05, 0.1) is 16.4 Å². The van der Waals surface area contributed by atoms with Gasteiger partial charge in [-0.15, -0.1) is 0 Å². The highest BCUT2D eigenvalue weighted by Gasteiger charge is 2.41. The number of rotatable bonds is 1. The van der Waals surface area contributed by atoms with E-state index >= 15 is 0 Å². The molecule has 0 saturated carbocycles. The Balaban J connectivity index is 2.48. The summed E-state index contributed by atoms with van der Waals surface area (Å²) in [6, 6.07) is 5.41. The molecule has 1 heterocycles. The van der Waals surface area contributed by atoms with Crippen molar-refractivity contribution in [1.82, 2.24) is 4.90 Å². The van der Waals surface area contributed by atoms with Crippen LogP contribution in [0.1, 0.15) is 13.8 Å². The number of anilines is 2. The van der Waals surface area contributed by atoms with Gasteiger partial charge < -0.3 is 15.5 Å². The lowest BCUT2D eigenvalue weighted by Gasteiger charge is -2.46. The number of amides is 1. The molecule has 1 aromatic rings. The van der Waals surface area contributed by atoms with Crippen LogP contribution in [0.25, 0.3) is 0 Å². The Labute approximate surface area is 112 Å². The van der Waals surface area contributed by atoms with Gasteiger partial charge in [-0.1, -0.05) is 17.7 Å². The van der Waals surface area contributed by atoms with Crippen molar-refractivity contribution in [2.75, 3.05) is 30.8 Å². The van der Waals surface area contributed by atoms with Crippen LogP contribution in [0.4, 0.5) is 11.4 Å². The molecule has 1 fully saturated rings. The maximum Gasteiger partial charge on any atom is 0.247 e. The van der Waals surface area contributed by atoms with Gasteiger partial charge in [0.2, 0.25) is 5.91 Å². The fraction of sp³-hybridized carbons (Fsp3) is 0.462. The molecule has 5 heteroatoms. The largest absolute Gasteiger partial charge is 0.397 e. The van der Waals surface area contributed by atoms with Gasteiger partial charge in [0.25, 0.3) is 0 Å². The Morgan fingerprint density at radius 2 is 2.00 bits per heavy atom. The second kappa shape index (κ2) is 4.35. The van der Waals surface area contributed by atoms with Crippen molar-refractivity contribution >= 4 is 28.9 Å². The number of nitrogens with zero attached hydrogens (tertiary/aromatic N) is 2. The van der Waals surface area contributed by atoms with E-state index in [4.69, 9.17) is 17.3 Å². The number of nitrogens with two attached hydrogens (primary N) is 1. The predicted octanol–water partition coefficient (Wildman–Crippen LogP) is 1.98. The molecule has 1 aromatic carbocycles. The van der Waals surface area contributed by atoms with E-state index < -0.39 is 5.54 Å². The van der Waals surface area contributed by atoms with Crippen LogP contribution in [0.3, 0.4) is 0 Å². The first-order valence-corrected chi connectivity index (χ1v) is 6.30. The van der Waals surface area contributed by atoms with Crippen LogP contribution in [-0.4, -0.2) is 36.5 Å². The Kier molecular flexibility index (Phi) is 3.15. The van der Waals surface area contributed by atoms with Crippen molar-refractivity contribution in [3.8, 4) is 0 Å². The van der Waals surface area contributed by atoms with Crippen molar-refractivity contribution in [1.29, 1.82) is 0 Å². The molecule has 0 radical (unpaired) electrons. The normalized spacial score (nSPS) is 19.2. The van der Waals surface area contributed by atoms with Crippen LogP contribution in [0, 0.1) is 0 Å². The molecule has 0 bridgehead atoms. The number of piperazine rings is 1. The van der Waals surface area contributed by atoms with E-state index in [1.165, 1.54) is 0 Å². The van der Waals surface area contributed by atoms with Gasteiger partial charge in [-0.2, -0.15) is 0 Å². The zero-order valence-corrected chi connectivity index (χ0v) is 11.7. The molecule has 0 aromatic heterocycles. The summed E-state index contributed by atoms with van der Waals surface area (Å²) >= 11 is 6.23. The topological polar surface area (TPSA) is 49.6 Å². The minimum Gasteiger partial charge on any atom is -0.397 e. The summed E-state index contributed by atoms with van der Waals surface area (Å²) in [5.74, 6) is 0.0769. The number of hydrogen-bond donors (Lipinski definition) is 1. The lowest BCUT2D eigenvalue weighted by atomic mass is 9.96. The summed E-state index contributed by atoms with van der Waals surface area (Å²) in [6.07, 6.45) is 0. The minimum atomic E-state index is -0.633. The summed E-state index contributed by atoms with van der Waals surface area (Å²) < 4.78 is 0. The Morgan fingerprint density at radius 3 is 2.61 bits per heavy atom. The van der Waals surface area contributed by atoms with Gasteiger partial charge in [0, 0.05) is 20.1 Å². The van der Waals surface area contributed by atoms with Gasteiger partial charge in [0.1, 0.15) is 5.54 Å². The van der Waals surface area contributed by atoms with E-state index in [-0.39, 0.29) is 5.91 Å². The number of carbonyl (C=O) groups excluding carboxylic acids is 1. The third-order valence-corrected chi connectivity index (χ3v) is 3.80. The summed E-state index contributed by atoms with van der Waals surface area (Å²) in [7, 11) is 1.82. The summed E-state index contributed by atoms with van der Waals surface area (Å²) in [6.45, 7) is 5.19. The van der Waals surface area contributed by atoms with Crippen LogP contribution in [0.15, 0.2) is 18.2 Å². The second-order valence-corrected chi connectivity index (χ2v) is 5.52. The van der Waals surface area contributed by atoms with Crippen LogP contribution in [0.5, 0.6) is 0 Å². The maximum atomic E-state index is 12.3. The van der Waals surface area contributed by atoms with E-state index in [0.29, 0.717) is 17.3 Å². The van der Waals surface area contributed by atoms with Gasteiger partial charge in [-0.05, 0) is 26.0 Å². The smallest absolute Gasteiger partial charge is 0.247 e. The molecule has 0 spiro atoms. The summed E-state index contributed by atoms with van der Waals surface area (Å²) in [5, 5.41) is 0.584. The molecule has 98 valence electrons. The first-order valence-electron chi connectivity index (χ1n) is 5.93. The highest BCUT2D eigenvalue weighted by atomic mass is 35.5. The molecule has 2 N–H and O–H groups in total. The first kappa shape index (κ1) is 13.0. The molecule has 1 aliphatic rings. The van der Waals surface area contributed by atoms with Crippen LogP contribution in [-0.2, 0) is 4.79 Å². The number of carbonyl (C=O) groups is 1. The molecule has 1 amide bonds. The van der Waals surface area contributed by atoms with Crippen molar-refractivity contribution in [3.05, 3.63) is 23.2 Å². The molecular weight excluding hydrogens is 250 g/mol. The molecule has 0 aliphatic carbocycles. The molecule has 1 aliphatic heterocycles. The second-order valence-electron chi connectivity index (χ2n) is 5.12. The molecule has 4 nitrogen and oxygen atoms in total. The van der Waals surface area contributed by atoms with Crippen molar-refractivity contribution < 1.29 is 4.79 Å². The molecule has 0 unspecified atom stereocenters. The van der Waals surface area contributed by atoms with Crippen molar-refractivity contribution in [2.24, 2.45) is 0 Å². The van der Waals surface area contributed by atoms with Gasteiger partial charge >= 0.3 is 0 Å². The van der Waals surface area contributed by atoms with Crippen molar-refractivity contribution in [3.63, 3.8) is 0 Å². The van der Waals surface area contributed by atoms with Crippen LogP contribution in [0.2, 0.25) is 5.02 Å². The molecule has 1 saturated heterocycles. The zero-order valence-electron chi connectivity index (χ0n) is 10.9. The number of likely N-dealkylation sites (N-methyl/N-ethyl adjacent to an activating group) is 1. The highest BCUT2D eigenvalue weighted by molar-refractivity contribution is 6.34. The summed E-state index contributed by atoms with van der Waals surface area (Å²) in [5.41, 5.74) is 6.73. The van der Waals surface area contributed by atoms with Crippen LogP contribution < -0.4 is 10.6 Å². The molecule has 2 rings (SSSR count). The van der Waals surface area contributed by atoms with E-state index in [1.807, 2.05) is 31.9 Å². The minimum absolute atomic E-state index is 0.0769. The first-order chi connectivity index (χ1) is 8.35.